The zero-order chi connectivity index (χ0) is 19.8. The highest BCUT2D eigenvalue weighted by Crippen LogP contribution is 2.17. The number of amides is 2. The largest absolute Gasteiger partial charge is 0.379 e. The van der Waals surface area contributed by atoms with Gasteiger partial charge < -0.3 is 15.4 Å². The summed E-state index contributed by atoms with van der Waals surface area (Å²) in [6, 6.07) is 6.88. The van der Waals surface area contributed by atoms with Crippen LogP contribution in [0, 0.1) is 0 Å². The molecule has 0 spiro atoms. The molecule has 28 heavy (non-hydrogen) atoms. The van der Waals surface area contributed by atoms with E-state index in [0.717, 1.165) is 32.8 Å². The summed E-state index contributed by atoms with van der Waals surface area (Å²) in [5.41, 5.74) is 0.592. The monoisotopic (exact) mass is 423 g/mol. The normalized spacial score (nSPS) is 14.6. The number of hydrogen-bond donors (Lipinski definition) is 2. The van der Waals surface area contributed by atoms with Crippen LogP contribution < -0.4 is 10.6 Å². The van der Waals surface area contributed by atoms with E-state index in [1.807, 2.05) is 0 Å². The lowest BCUT2D eigenvalue weighted by Gasteiger charge is -2.26. The zero-order valence-electron chi connectivity index (χ0n) is 15.3. The van der Waals surface area contributed by atoms with Gasteiger partial charge in [-0.3, -0.25) is 14.5 Å². The quantitative estimate of drug-likeness (QED) is 0.672. The fraction of sp³-hybridized carbons (Fsp3) is 0.444. The second-order valence-electron chi connectivity index (χ2n) is 6.27. The molecule has 1 aromatic carbocycles. The summed E-state index contributed by atoms with van der Waals surface area (Å²) in [6.07, 6.45) is 0.763. The predicted octanol–water partition coefficient (Wildman–Crippen LogP) is 1.82. The molecule has 1 aliphatic heterocycles. The predicted molar refractivity (Wildman–Crippen MR) is 108 cm³/mol. The van der Waals surface area contributed by atoms with Gasteiger partial charge in [-0.2, -0.15) is 0 Å². The molecule has 0 unspecified atom stereocenters. The van der Waals surface area contributed by atoms with E-state index in [1.54, 1.807) is 24.3 Å². The van der Waals surface area contributed by atoms with Crippen molar-refractivity contribution in [2.45, 2.75) is 12.8 Å². The number of ether oxygens (including phenoxy) is 1. The maximum absolute atomic E-state index is 12.2. The van der Waals surface area contributed by atoms with Crippen LogP contribution in [0.4, 0.5) is 5.69 Å². The Kier molecular flexibility index (Phi) is 7.72. The molecule has 1 fully saturated rings. The third kappa shape index (κ3) is 6.52. The third-order valence-electron chi connectivity index (χ3n) is 4.16. The van der Waals surface area contributed by atoms with Gasteiger partial charge >= 0.3 is 0 Å². The fourth-order valence-electron chi connectivity index (χ4n) is 2.68. The summed E-state index contributed by atoms with van der Waals surface area (Å²) in [7, 11) is 0. The standard InChI is InChI=1S/C18H22ClN5O3S/c19-13-2-1-3-14(12-13)21-17(26)18-23-22-16(28-18)5-4-15(25)20-6-7-24-8-10-27-11-9-24/h1-3,12H,4-11H2,(H,20,25)(H,21,26). The molecule has 0 saturated carbocycles. The summed E-state index contributed by atoms with van der Waals surface area (Å²) in [5, 5.41) is 15.0. The van der Waals surface area contributed by atoms with Crippen LogP contribution in [0.3, 0.4) is 0 Å². The van der Waals surface area contributed by atoms with Crippen LogP contribution in [0.2, 0.25) is 5.02 Å². The minimum Gasteiger partial charge on any atom is -0.379 e. The Morgan fingerprint density at radius 1 is 1.25 bits per heavy atom. The zero-order valence-corrected chi connectivity index (χ0v) is 16.9. The molecule has 0 aliphatic carbocycles. The van der Waals surface area contributed by atoms with Crippen LogP contribution >= 0.6 is 22.9 Å². The van der Waals surface area contributed by atoms with Crippen molar-refractivity contribution in [3.63, 3.8) is 0 Å². The highest BCUT2D eigenvalue weighted by molar-refractivity contribution is 7.13. The summed E-state index contributed by atoms with van der Waals surface area (Å²) in [5.74, 6) is -0.380. The van der Waals surface area contributed by atoms with Crippen LogP contribution in [-0.2, 0) is 16.0 Å². The number of aryl methyl sites for hydroxylation is 1. The van der Waals surface area contributed by atoms with E-state index in [9.17, 15) is 9.59 Å². The molecule has 2 N–H and O–H groups in total. The van der Waals surface area contributed by atoms with Crippen molar-refractivity contribution in [3.05, 3.63) is 39.3 Å². The summed E-state index contributed by atoms with van der Waals surface area (Å²) in [6.45, 7) is 4.74. The van der Waals surface area contributed by atoms with E-state index in [4.69, 9.17) is 16.3 Å². The van der Waals surface area contributed by atoms with Crippen molar-refractivity contribution in [2.24, 2.45) is 0 Å². The molecular formula is C18H22ClN5O3S. The van der Waals surface area contributed by atoms with Crippen molar-refractivity contribution in [1.29, 1.82) is 0 Å². The number of nitrogens with zero attached hydrogens (tertiary/aromatic N) is 3. The number of carbonyl (C=O) groups is 2. The second kappa shape index (κ2) is 10.5. The average molecular weight is 424 g/mol. The topological polar surface area (TPSA) is 96.5 Å². The number of benzene rings is 1. The lowest BCUT2D eigenvalue weighted by Crippen LogP contribution is -2.41. The summed E-state index contributed by atoms with van der Waals surface area (Å²) < 4.78 is 5.30. The molecule has 1 aromatic heterocycles. The maximum atomic E-state index is 12.2. The van der Waals surface area contributed by atoms with Gasteiger partial charge in [0.1, 0.15) is 5.01 Å². The summed E-state index contributed by atoms with van der Waals surface area (Å²) in [4.78, 5) is 26.5. The Labute approximate surface area is 172 Å². The minimum atomic E-state index is -0.346. The second-order valence-corrected chi connectivity index (χ2v) is 7.77. The molecule has 10 heteroatoms. The first-order valence-electron chi connectivity index (χ1n) is 9.06. The first kappa shape index (κ1) is 20.7. The number of halogens is 1. The number of aromatic nitrogens is 2. The van der Waals surface area contributed by atoms with Gasteiger partial charge in [0.25, 0.3) is 5.91 Å². The molecule has 8 nitrogen and oxygen atoms in total. The van der Waals surface area contributed by atoms with E-state index in [0.29, 0.717) is 35.1 Å². The van der Waals surface area contributed by atoms with E-state index >= 15 is 0 Å². The van der Waals surface area contributed by atoms with E-state index in [-0.39, 0.29) is 16.8 Å². The van der Waals surface area contributed by atoms with Gasteiger partial charge in [0.2, 0.25) is 10.9 Å². The fourth-order valence-corrected chi connectivity index (χ4v) is 3.61. The van der Waals surface area contributed by atoms with Crippen molar-refractivity contribution < 1.29 is 14.3 Å². The summed E-state index contributed by atoms with van der Waals surface area (Å²) >= 11 is 7.09. The molecule has 0 bridgehead atoms. The van der Waals surface area contributed by atoms with E-state index in [1.165, 1.54) is 11.3 Å². The molecule has 1 saturated heterocycles. The number of rotatable bonds is 8. The van der Waals surface area contributed by atoms with Crippen LogP contribution in [-0.4, -0.2) is 66.3 Å². The molecule has 1 aliphatic rings. The molecule has 0 atom stereocenters. The number of nitrogens with one attached hydrogen (secondary N) is 2. The Bertz CT molecular complexity index is 810. The van der Waals surface area contributed by atoms with Crippen molar-refractivity contribution >= 4 is 40.4 Å². The lowest BCUT2D eigenvalue weighted by atomic mass is 10.3. The average Bonchev–Trinajstić information content (AvgIpc) is 3.16. The first-order valence-corrected chi connectivity index (χ1v) is 10.3. The smallest absolute Gasteiger partial charge is 0.286 e. The highest BCUT2D eigenvalue weighted by Gasteiger charge is 2.15. The number of hydrogen-bond acceptors (Lipinski definition) is 7. The molecule has 3 rings (SSSR count). The van der Waals surface area contributed by atoms with Crippen molar-refractivity contribution in [3.8, 4) is 0 Å². The van der Waals surface area contributed by atoms with Gasteiger partial charge in [-0.05, 0) is 18.2 Å². The van der Waals surface area contributed by atoms with Gasteiger partial charge in [-0.25, -0.2) is 0 Å². The van der Waals surface area contributed by atoms with Gasteiger partial charge in [0.05, 0.1) is 13.2 Å². The SMILES string of the molecule is O=C(CCc1nnc(C(=O)Nc2cccc(Cl)c2)s1)NCCN1CCOCC1. The molecule has 0 radical (unpaired) electrons. The lowest BCUT2D eigenvalue weighted by molar-refractivity contribution is -0.121. The van der Waals surface area contributed by atoms with Crippen LogP contribution in [0.15, 0.2) is 24.3 Å². The molecule has 150 valence electrons. The first-order chi connectivity index (χ1) is 13.6. The Morgan fingerprint density at radius 2 is 2.07 bits per heavy atom. The van der Waals surface area contributed by atoms with E-state index < -0.39 is 0 Å². The van der Waals surface area contributed by atoms with Crippen molar-refractivity contribution in [2.75, 3.05) is 44.7 Å². The number of anilines is 1. The molecule has 2 amide bonds. The minimum absolute atomic E-state index is 0.0339. The molecule has 2 heterocycles. The highest BCUT2D eigenvalue weighted by atomic mass is 35.5. The van der Waals surface area contributed by atoms with Gasteiger partial charge in [0.15, 0.2) is 0 Å². The Hall–Kier alpha value is -2.07. The van der Waals surface area contributed by atoms with Gasteiger partial charge in [-0.15, -0.1) is 10.2 Å². The van der Waals surface area contributed by atoms with Crippen LogP contribution in [0.25, 0.3) is 0 Å². The molecular weight excluding hydrogens is 402 g/mol. The van der Waals surface area contributed by atoms with Crippen LogP contribution in [0.1, 0.15) is 21.2 Å². The van der Waals surface area contributed by atoms with E-state index in [2.05, 4.69) is 25.7 Å². The number of carbonyl (C=O) groups excluding carboxylic acids is 2. The Balaban J connectivity index is 1.39. The van der Waals surface area contributed by atoms with Gasteiger partial charge in [-0.1, -0.05) is 29.0 Å². The van der Waals surface area contributed by atoms with Crippen LogP contribution in [0.5, 0.6) is 0 Å². The Morgan fingerprint density at radius 3 is 2.86 bits per heavy atom. The van der Waals surface area contributed by atoms with Crippen molar-refractivity contribution in [1.82, 2.24) is 20.4 Å². The number of morpholine rings is 1. The third-order valence-corrected chi connectivity index (χ3v) is 5.38. The molecule has 2 aromatic rings. The van der Waals surface area contributed by atoms with Gasteiger partial charge in [0, 0.05) is 49.7 Å². The maximum Gasteiger partial charge on any atom is 0.286 e.